The number of phenolic OH excluding ortho intramolecular Hbond substituents is 1. The molecule has 1 saturated heterocycles. The average Bonchev–Trinajstić information content (AvgIpc) is 2.49. The van der Waals surface area contributed by atoms with Gasteiger partial charge in [-0.2, -0.15) is 0 Å². The highest BCUT2D eigenvalue weighted by molar-refractivity contribution is 5.50. The van der Waals surface area contributed by atoms with Gasteiger partial charge < -0.3 is 15.3 Å². The molecule has 0 spiro atoms. The van der Waals surface area contributed by atoms with Gasteiger partial charge in [0.2, 0.25) is 0 Å². The van der Waals surface area contributed by atoms with Gasteiger partial charge in [0.25, 0.3) is 0 Å². The third-order valence-corrected chi connectivity index (χ3v) is 3.83. The summed E-state index contributed by atoms with van der Waals surface area (Å²) in [7, 11) is 0. The van der Waals surface area contributed by atoms with Crippen molar-refractivity contribution in [1.29, 1.82) is 0 Å². The van der Waals surface area contributed by atoms with Gasteiger partial charge in [0.1, 0.15) is 5.75 Å². The molecule has 0 saturated carbocycles. The van der Waals surface area contributed by atoms with Gasteiger partial charge >= 0.3 is 0 Å². The van der Waals surface area contributed by atoms with Crippen molar-refractivity contribution >= 4 is 11.4 Å². The van der Waals surface area contributed by atoms with Crippen LogP contribution in [0.3, 0.4) is 0 Å². The standard InChI is InChI=1S/C17H20N2O/c20-17-8-4-5-15(13-17)18-14-9-11-19(12-10-14)16-6-2-1-3-7-16/h1-8,13-14,18,20H,9-12H2. The van der Waals surface area contributed by atoms with E-state index in [1.54, 1.807) is 12.1 Å². The Hall–Kier alpha value is -2.16. The van der Waals surface area contributed by atoms with Crippen molar-refractivity contribution in [3.63, 3.8) is 0 Å². The maximum atomic E-state index is 9.49. The van der Waals surface area contributed by atoms with E-state index in [1.807, 2.05) is 12.1 Å². The summed E-state index contributed by atoms with van der Waals surface area (Å²) in [5.41, 5.74) is 2.31. The Morgan fingerprint density at radius 2 is 1.70 bits per heavy atom. The molecule has 3 heteroatoms. The lowest BCUT2D eigenvalue weighted by Gasteiger charge is -2.34. The van der Waals surface area contributed by atoms with Crippen molar-refractivity contribution in [1.82, 2.24) is 0 Å². The van der Waals surface area contributed by atoms with Crippen molar-refractivity contribution in [2.45, 2.75) is 18.9 Å². The Morgan fingerprint density at radius 1 is 0.950 bits per heavy atom. The molecule has 104 valence electrons. The van der Waals surface area contributed by atoms with E-state index in [2.05, 4.69) is 40.5 Å². The number of anilines is 2. The Kier molecular flexibility index (Phi) is 3.77. The zero-order valence-corrected chi connectivity index (χ0v) is 11.5. The predicted molar refractivity (Wildman–Crippen MR) is 83.4 cm³/mol. The molecular weight excluding hydrogens is 248 g/mol. The molecule has 2 N–H and O–H groups in total. The Balaban J connectivity index is 1.56. The van der Waals surface area contributed by atoms with E-state index in [0.29, 0.717) is 11.8 Å². The van der Waals surface area contributed by atoms with Crippen LogP contribution in [0, 0.1) is 0 Å². The number of aromatic hydroxyl groups is 1. The Bertz CT molecular complexity index is 548. The largest absolute Gasteiger partial charge is 0.508 e. The summed E-state index contributed by atoms with van der Waals surface area (Å²) in [6.07, 6.45) is 2.23. The summed E-state index contributed by atoms with van der Waals surface area (Å²) >= 11 is 0. The first-order valence-corrected chi connectivity index (χ1v) is 7.17. The number of benzene rings is 2. The van der Waals surface area contributed by atoms with E-state index < -0.39 is 0 Å². The van der Waals surface area contributed by atoms with Crippen LogP contribution in [0.1, 0.15) is 12.8 Å². The molecule has 2 aromatic carbocycles. The predicted octanol–water partition coefficient (Wildman–Crippen LogP) is 3.47. The molecule has 3 nitrogen and oxygen atoms in total. The number of piperidine rings is 1. The van der Waals surface area contributed by atoms with Crippen LogP contribution in [0.5, 0.6) is 5.75 Å². The number of phenols is 1. The summed E-state index contributed by atoms with van der Waals surface area (Å²) in [4.78, 5) is 2.43. The Labute approximate surface area is 119 Å². The molecule has 0 radical (unpaired) electrons. The summed E-state index contributed by atoms with van der Waals surface area (Å²) in [5.74, 6) is 0.316. The molecule has 1 fully saturated rings. The lowest BCUT2D eigenvalue weighted by Crippen LogP contribution is -2.39. The van der Waals surface area contributed by atoms with Crippen LogP contribution in [-0.2, 0) is 0 Å². The Morgan fingerprint density at radius 3 is 2.40 bits per heavy atom. The third kappa shape index (κ3) is 3.05. The first-order chi connectivity index (χ1) is 9.81. The minimum Gasteiger partial charge on any atom is -0.508 e. The molecule has 0 bridgehead atoms. The van der Waals surface area contributed by atoms with Gasteiger partial charge in [0.15, 0.2) is 0 Å². The van der Waals surface area contributed by atoms with Crippen LogP contribution in [0.25, 0.3) is 0 Å². The van der Waals surface area contributed by atoms with Gasteiger partial charge in [-0.1, -0.05) is 24.3 Å². The number of nitrogens with zero attached hydrogens (tertiary/aromatic N) is 1. The fraction of sp³-hybridized carbons (Fsp3) is 0.294. The molecule has 1 heterocycles. The van der Waals surface area contributed by atoms with Crippen LogP contribution in [-0.4, -0.2) is 24.2 Å². The number of para-hydroxylation sites is 1. The van der Waals surface area contributed by atoms with Gasteiger partial charge in [-0.3, -0.25) is 0 Å². The second kappa shape index (κ2) is 5.87. The van der Waals surface area contributed by atoms with Crippen LogP contribution < -0.4 is 10.2 Å². The highest BCUT2D eigenvalue weighted by atomic mass is 16.3. The first kappa shape index (κ1) is 12.9. The first-order valence-electron chi connectivity index (χ1n) is 7.17. The van der Waals surface area contributed by atoms with E-state index in [0.717, 1.165) is 31.6 Å². The number of nitrogens with one attached hydrogen (secondary N) is 1. The highest BCUT2D eigenvalue weighted by Gasteiger charge is 2.19. The smallest absolute Gasteiger partial charge is 0.117 e. The molecule has 3 rings (SSSR count). The molecule has 0 amide bonds. The van der Waals surface area contributed by atoms with Crippen molar-refractivity contribution in [3.05, 3.63) is 54.6 Å². The van der Waals surface area contributed by atoms with Gasteiger partial charge in [0.05, 0.1) is 0 Å². The minimum absolute atomic E-state index is 0.316. The molecule has 0 unspecified atom stereocenters. The van der Waals surface area contributed by atoms with Crippen LogP contribution in [0.2, 0.25) is 0 Å². The van der Waals surface area contributed by atoms with Crippen LogP contribution >= 0.6 is 0 Å². The highest BCUT2D eigenvalue weighted by Crippen LogP contribution is 2.23. The fourth-order valence-corrected chi connectivity index (χ4v) is 2.75. The monoisotopic (exact) mass is 268 g/mol. The summed E-state index contributed by atoms with van der Waals surface area (Å²) in [6.45, 7) is 2.14. The topological polar surface area (TPSA) is 35.5 Å². The SMILES string of the molecule is Oc1cccc(NC2CCN(c3ccccc3)CC2)c1. The van der Waals surface area contributed by atoms with Crippen molar-refractivity contribution in [2.75, 3.05) is 23.3 Å². The second-order valence-electron chi connectivity index (χ2n) is 5.29. The average molecular weight is 268 g/mol. The molecule has 0 aliphatic carbocycles. The summed E-state index contributed by atoms with van der Waals surface area (Å²) in [5, 5.41) is 13.0. The van der Waals surface area contributed by atoms with Crippen molar-refractivity contribution in [3.8, 4) is 5.75 Å². The number of hydrogen-bond acceptors (Lipinski definition) is 3. The molecule has 1 aliphatic rings. The molecule has 1 aliphatic heterocycles. The molecule has 0 aromatic heterocycles. The van der Waals surface area contributed by atoms with Crippen molar-refractivity contribution < 1.29 is 5.11 Å². The maximum Gasteiger partial charge on any atom is 0.117 e. The van der Waals surface area contributed by atoms with E-state index >= 15 is 0 Å². The quantitative estimate of drug-likeness (QED) is 0.894. The van der Waals surface area contributed by atoms with E-state index in [9.17, 15) is 5.11 Å². The zero-order chi connectivity index (χ0) is 13.8. The summed E-state index contributed by atoms with van der Waals surface area (Å²) in [6, 6.07) is 18.4. The minimum atomic E-state index is 0.316. The third-order valence-electron chi connectivity index (χ3n) is 3.83. The fourth-order valence-electron chi connectivity index (χ4n) is 2.75. The van der Waals surface area contributed by atoms with Gasteiger partial charge in [-0.05, 0) is 37.1 Å². The molecule has 0 atom stereocenters. The van der Waals surface area contributed by atoms with Gasteiger partial charge in [0, 0.05) is 36.6 Å². The van der Waals surface area contributed by atoms with Crippen molar-refractivity contribution in [2.24, 2.45) is 0 Å². The molecular formula is C17H20N2O. The lowest BCUT2D eigenvalue weighted by molar-refractivity contribution is 0.475. The summed E-state index contributed by atoms with van der Waals surface area (Å²) < 4.78 is 0. The second-order valence-corrected chi connectivity index (χ2v) is 5.29. The van der Waals surface area contributed by atoms with Crippen LogP contribution in [0.15, 0.2) is 54.6 Å². The normalized spacial score (nSPS) is 16.1. The van der Waals surface area contributed by atoms with Gasteiger partial charge in [-0.15, -0.1) is 0 Å². The van der Waals surface area contributed by atoms with E-state index in [-0.39, 0.29) is 0 Å². The number of hydrogen-bond donors (Lipinski definition) is 2. The number of rotatable bonds is 3. The van der Waals surface area contributed by atoms with E-state index in [1.165, 1.54) is 5.69 Å². The zero-order valence-electron chi connectivity index (χ0n) is 11.5. The maximum absolute atomic E-state index is 9.49. The lowest BCUT2D eigenvalue weighted by atomic mass is 10.0. The van der Waals surface area contributed by atoms with E-state index in [4.69, 9.17) is 0 Å². The van der Waals surface area contributed by atoms with Crippen LogP contribution in [0.4, 0.5) is 11.4 Å². The molecule has 2 aromatic rings. The molecule has 20 heavy (non-hydrogen) atoms. The van der Waals surface area contributed by atoms with Gasteiger partial charge in [-0.25, -0.2) is 0 Å².